The molecule has 1 aromatic carbocycles. The second kappa shape index (κ2) is 8.66. The third-order valence-corrected chi connectivity index (χ3v) is 6.06. The average Bonchev–Trinajstić information content (AvgIpc) is 3.38. The van der Waals surface area contributed by atoms with E-state index in [-0.39, 0.29) is 36.1 Å². The van der Waals surface area contributed by atoms with Crippen LogP contribution in [0.15, 0.2) is 30.8 Å². The van der Waals surface area contributed by atoms with Crippen molar-refractivity contribution >= 4 is 11.6 Å². The number of aryl methyl sites for hydroxylation is 1. The number of amides is 1. The zero-order valence-electron chi connectivity index (χ0n) is 16.8. The van der Waals surface area contributed by atoms with Gasteiger partial charge in [0.1, 0.15) is 12.2 Å². The van der Waals surface area contributed by atoms with Gasteiger partial charge < -0.3 is 20.1 Å². The monoisotopic (exact) mass is 384 g/mol. The summed E-state index contributed by atoms with van der Waals surface area (Å²) in [6.45, 7) is 7.53. The fraction of sp³-hybridized carbons (Fsp3) is 0.609. The van der Waals surface area contributed by atoms with E-state index in [0.29, 0.717) is 13.2 Å². The van der Waals surface area contributed by atoms with Crippen LogP contribution in [0.3, 0.4) is 0 Å². The van der Waals surface area contributed by atoms with E-state index in [1.165, 1.54) is 24.8 Å². The molecule has 0 spiro atoms. The van der Waals surface area contributed by atoms with Gasteiger partial charge in [0, 0.05) is 11.6 Å². The Balaban J connectivity index is 1.28. The first-order valence-corrected chi connectivity index (χ1v) is 10.7. The van der Waals surface area contributed by atoms with Gasteiger partial charge in [0.2, 0.25) is 5.91 Å². The molecule has 0 bridgehead atoms. The highest BCUT2D eigenvalue weighted by atomic mass is 16.6. The van der Waals surface area contributed by atoms with Crippen molar-refractivity contribution in [1.29, 1.82) is 0 Å². The normalized spacial score (nSPS) is 28.8. The smallest absolute Gasteiger partial charge is 0.223 e. The number of unbranched alkanes of at least 4 members (excludes halogenated alkanes) is 2. The van der Waals surface area contributed by atoms with Gasteiger partial charge in [-0.1, -0.05) is 50.6 Å². The van der Waals surface area contributed by atoms with E-state index in [1.54, 1.807) is 0 Å². The van der Waals surface area contributed by atoms with Crippen molar-refractivity contribution in [3.05, 3.63) is 42.0 Å². The first kappa shape index (κ1) is 19.5. The van der Waals surface area contributed by atoms with E-state index in [4.69, 9.17) is 9.47 Å². The van der Waals surface area contributed by atoms with Crippen molar-refractivity contribution in [1.82, 2.24) is 10.6 Å². The highest BCUT2D eigenvalue weighted by Gasteiger charge is 2.49. The molecular formula is C23H32N2O3. The van der Waals surface area contributed by atoms with Gasteiger partial charge in [0.25, 0.3) is 0 Å². The zero-order chi connectivity index (χ0) is 19.5. The molecule has 5 nitrogen and oxygen atoms in total. The molecule has 2 N–H and O–H groups in total. The number of fused-ring (bicyclic) bond motifs is 1. The third kappa shape index (κ3) is 4.41. The van der Waals surface area contributed by atoms with Crippen LogP contribution >= 0.6 is 0 Å². The lowest BCUT2D eigenvalue weighted by Gasteiger charge is -2.20. The fourth-order valence-corrected chi connectivity index (χ4v) is 4.15. The molecule has 2 saturated heterocycles. The molecule has 1 saturated carbocycles. The molecule has 1 amide bonds. The molecule has 3 fully saturated rings. The Labute approximate surface area is 167 Å². The molecule has 28 heavy (non-hydrogen) atoms. The predicted octanol–water partition coefficient (Wildman–Crippen LogP) is 3.04. The van der Waals surface area contributed by atoms with E-state index >= 15 is 0 Å². The van der Waals surface area contributed by atoms with E-state index in [2.05, 4.69) is 48.4 Å². The van der Waals surface area contributed by atoms with Crippen molar-refractivity contribution in [2.75, 3.05) is 13.2 Å². The average molecular weight is 385 g/mol. The van der Waals surface area contributed by atoms with Gasteiger partial charge in [-0.05, 0) is 36.8 Å². The molecule has 1 aliphatic carbocycles. The lowest BCUT2D eigenvalue weighted by atomic mass is 10.0. The summed E-state index contributed by atoms with van der Waals surface area (Å²) in [5.74, 6) is 0.358. The van der Waals surface area contributed by atoms with E-state index in [1.807, 2.05) is 0 Å². The maximum atomic E-state index is 12.1. The Morgan fingerprint density at radius 2 is 1.68 bits per heavy atom. The molecular weight excluding hydrogens is 352 g/mol. The molecule has 0 aromatic heterocycles. The largest absolute Gasteiger partial charge is 0.377 e. The van der Waals surface area contributed by atoms with Gasteiger partial charge in [-0.15, -0.1) is 0 Å². The number of carbonyl (C=O) groups excluding carboxylic acids is 1. The molecule has 4 rings (SSSR count). The number of carbonyl (C=O) groups is 1. The summed E-state index contributed by atoms with van der Waals surface area (Å²) in [5, 5.41) is 6.60. The molecule has 1 aromatic rings. The highest BCUT2D eigenvalue weighted by molar-refractivity contribution is 5.81. The van der Waals surface area contributed by atoms with Crippen LogP contribution in [-0.2, 0) is 20.7 Å². The lowest BCUT2D eigenvalue weighted by Crippen LogP contribution is -2.45. The standard InChI is InChI=1S/C23H32N2O3/c1-3-4-5-6-16-7-9-17(10-8-16)15(2)24-19-13-27-22-20(14-28-21(19)22)25-23(26)18-11-12-18/h7-10,18-22,24H,2-6,11-14H2,1H3,(H,25,26). The molecule has 5 heteroatoms. The predicted molar refractivity (Wildman–Crippen MR) is 110 cm³/mol. The molecule has 3 aliphatic rings. The topological polar surface area (TPSA) is 59.6 Å². The third-order valence-electron chi connectivity index (χ3n) is 6.06. The quantitative estimate of drug-likeness (QED) is 0.643. The number of rotatable bonds is 9. The van der Waals surface area contributed by atoms with Crippen LogP contribution in [0, 0.1) is 5.92 Å². The number of hydrogen-bond acceptors (Lipinski definition) is 4. The van der Waals surface area contributed by atoms with Crippen LogP contribution in [0.25, 0.3) is 5.70 Å². The van der Waals surface area contributed by atoms with E-state index in [9.17, 15) is 4.79 Å². The Hall–Kier alpha value is -1.85. The van der Waals surface area contributed by atoms with Gasteiger partial charge in [-0.2, -0.15) is 0 Å². The molecule has 2 aliphatic heterocycles. The number of ether oxygens (including phenoxy) is 2. The number of hydrogen-bond donors (Lipinski definition) is 2. The Kier molecular flexibility index (Phi) is 6.02. The van der Waals surface area contributed by atoms with Crippen LogP contribution in [-0.4, -0.2) is 43.4 Å². The lowest BCUT2D eigenvalue weighted by molar-refractivity contribution is -0.123. The van der Waals surface area contributed by atoms with Crippen LogP contribution in [0.4, 0.5) is 0 Å². The second-order valence-corrected chi connectivity index (χ2v) is 8.37. The van der Waals surface area contributed by atoms with Crippen molar-refractivity contribution < 1.29 is 14.3 Å². The first-order valence-electron chi connectivity index (χ1n) is 10.7. The van der Waals surface area contributed by atoms with Gasteiger partial charge in [-0.3, -0.25) is 4.79 Å². The zero-order valence-corrected chi connectivity index (χ0v) is 16.8. The van der Waals surface area contributed by atoms with Crippen molar-refractivity contribution in [2.24, 2.45) is 5.92 Å². The summed E-state index contributed by atoms with van der Waals surface area (Å²) in [4.78, 5) is 12.1. The van der Waals surface area contributed by atoms with Crippen LogP contribution in [0.5, 0.6) is 0 Å². The summed E-state index contributed by atoms with van der Waals surface area (Å²) in [5.41, 5.74) is 3.37. The Bertz CT molecular complexity index is 698. The summed E-state index contributed by atoms with van der Waals surface area (Å²) in [7, 11) is 0. The molecule has 2 heterocycles. The number of benzene rings is 1. The maximum absolute atomic E-state index is 12.1. The minimum absolute atomic E-state index is 0.0411. The summed E-state index contributed by atoms with van der Waals surface area (Å²) in [6.07, 6.45) is 6.80. The van der Waals surface area contributed by atoms with Crippen LogP contribution in [0.1, 0.15) is 50.2 Å². The van der Waals surface area contributed by atoms with Gasteiger partial charge in [0.15, 0.2) is 0 Å². The van der Waals surface area contributed by atoms with Gasteiger partial charge in [-0.25, -0.2) is 0 Å². The van der Waals surface area contributed by atoms with Crippen LogP contribution in [0.2, 0.25) is 0 Å². The summed E-state index contributed by atoms with van der Waals surface area (Å²) in [6, 6.07) is 8.68. The van der Waals surface area contributed by atoms with Crippen molar-refractivity contribution in [3.63, 3.8) is 0 Å². The maximum Gasteiger partial charge on any atom is 0.223 e. The van der Waals surface area contributed by atoms with E-state index < -0.39 is 0 Å². The van der Waals surface area contributed by atoms with Crippen molar-refractivity contribution in [3.8, 4) is 0 Å². The highest BCUT2D eigenvalue weighted by Crippen LogP contribution is 2.32. The minimum atomic E-state index is -0.0751. The van der Waals surface area contributed by atoms with Gasteiger partial charge >= 0.3 is 0 Å². The van der Waals surface area contributed by atoms with Crippen molar-refractivity contribution in [2.45, 2.75) is 69.7 Å². The van der Waals surface area contributed by atoms with E-state index in [0.717, 1.165) is 30.5 Å². The van der Waals surface area contributed by atoms with Crippen LogP contribution < -0.4 is 10.6 Å². The molecule has 0 radical (unpaired) electrons. The minimum Gasteiger partial charge on any atom is -0.377 e. The second-order valence-electron chi connectivity index (χ2n) is 8.37. The molecule has 4 atom stereocenters. The first-order chi connectivity index (χ1) is 13.7. The summed E-state index contributed by atoms with van der Waals surface area (Å²) >= 11 is 0. The summed E-state index contributed by atoms with van der Waals surface area (Å²) < 4.78 is 11.9. The van der Waals surface area contributed by atoms with Gasteiger partial charge in [0.05, 0.1) is 25.3 Å². The fourth-order valence-electron chi connectivity index (χ4n) is 4.15. The molecule has 152 valence electrons. The number of nitrogens with one attached hydrogen (secondary N) is 2. The molecule has 4 unspecified atom stereocenters. The SMILES string of the molecule is C=C(NC1COC2C(NC(=O)C3CC3)COC12)c1ccc(CCCCC)cc1. The Morgan fingerprint density at radius 3 is 2.29 bits per heavy atom. The Morgan fingerprint density at radius 1 is 1.04 bits per heavy atom.